The highest BCUT2D eigenvalue weighted by molar-refractivity contribution is 9.08. The Balaban J connectivity index is 0.000000268. The summed E-state index contributed by atoms with van der Waals surface area (Å²) in [6.45, 7) is 0. The molecule has 0 spiro atoms. The number of fused-ring (bicyclic) bond motifs is 6. The fourth-order valence-corrected chi connectivity index (χ4v) is 4.16. The molecule has 0 saturated heterocycles. The van der Waals surface area contributed by atoms with Crippen molar-refractivity contribution in [1.29, 1.82) is 0 Å². The Hall–Kier alpha value is -2.08. The topological polar surface area (TPSA) is 29.5 Å². The van der Waals surface area contributed by atoms with Crippen molar-refractivity contribution >= 4 is 46.8 Å². The van der Waals surface area contributed by atoms with Crippen LogP contribution in [0.25, 0.3) is 22.3 Å². The van der Waals surface area contributed by atoms with E-state index in [-0.39, 0.29) is 0 Å². The molecular formula is C30H33BBrCl2O2. The summed E-state index contributed by atoms with van der Waals surface area (Å²) in [7, 11) is 2.00. The summed E-state index contributed by atoms with van der Waals surface area (Å²) in [6.07, 6.45) is 5.15. The van der Waals surface area contributed by atoms with Crippen LogP contribution in [0.1, 0.15) is 22.3 Å². The van der Waals surface area contributed by atoms with Crippen LogP contribution in [0.3, 0.4) is 0 Å². The van der Waals surface area contributed by atoms with Crippen molar-refractivity contribution < 1.29 is 9.68 Å². The SMILES string of the molecule is CBr.CCl.CCl.CO[B]O.c1ccc2c(c1)Cc1ccccc1-2.c1ccc2c(c1)Cc1ccccc1-2. The maximum absolute atomic E-state index is 7.53. The lowest BCUT2D eigenvalue weighted by Crippen LogP contribution is -1.86. The summed E-state index contributed by atoms with van der Waals surface area (Å²) < 4.78 is 3.97. The fraction of sp³-hybridized carbons (Fsp3) is 0.200. The molecule has 6 rings (SSSR count). The Kier molecular flexibility index (Phi) is 16.9. The quantitative estimate of drug-likeness (QED) is 0.155. The van der Waals surface area contributed by atoms with Crippen LogP contribution in [-0.4, -0.2) is 38.4 Å². The first-order chi connectivity index (χ1) is 17.8. The Labute approximate surface area is 235 Å². The molecule has 0 fully saturated rings. The van der Waals surface area contributed by atoms with Gasteiger partial charge in [0.25, 0.3) is 0 Å². The van der Waals surface area contributed by atoms with E-state index in [0.29, 0.717) is 7.69 Å². The number of halogens is 3. The molecule has 2 nitrogen and oxygen atoms in total. The van der Waals surface area contributed by atoms with E-state index in [9.17, 15) is 0 Å². The second-order valence-electron chi connectivity index (χ2n) is 7.32. The highest BCUT2D eigenvalue weighted by Gasteiger charge is 2.16. The second-order valence-corrected chi connectivity index (χ2v) is 7.32. The van der Waals surface area contributed by atoms with Gasteiger partial charge in [-0.05, 0) is 63.2 Å². The molecule has 2 aliphatic rings. The van der Waals surface area contributed by atoms with Crippen LogP contribution < -0.4 is 0 Å². The second kappa shape index (κ2) is 19.1. The van der Waals surface area contributed by atoms with Gasteiger partial charge in [-0.3, -0.25) is 0 Å². The maximum atomic E-state index is 7.53. The summed E-state index contributed by atoms with van der Waals surface area (Å²) in [5.41, 5.74) is 11.5. The Morgan fingerprint density at radius 3 is 0.944 bits per heavy atom. The first-order valence-electron chi connectivity index (χ1n) is 11.3. The van der Waals surface area contributed by atoms with Gasteiger partial charge in [-0.2, -0.15) is 0 Å². The Morgan fingerprint density at radius 1 is 0.556 bits per heavy atom. The van der Waals surface area contributed by atoms with E-state index in [1.54, 1.807) is 0 Å². The van der Waals surface area contributed by atoms with Crippen LogP contribution in [0.5, 0.6) is 0 Å². The van der Waals surface area contributed by atoms with Crippen molar-refractivity contribution in [3.63, 3.8) is 0 Å². The Morgan fingerprint density at radius 2 is 0.750 bits per heavy atom. The van der Waals surface area contributed by atoms with Crippen molar-refractivity contribution in [3.05, 3.63) is 119 Å². The molecule has 0 heterocycles. The van der Waals surface area contributed by atoms with Gasteiger partial charge in [0, 0.05) is 19.9 Å². The molecule has 4 aromatic carbocycles. The summed E-state index contributed by atoms with van der Waals surface area (Å²) in [4.78, 5) is 0. The van der Waals surface area contributed by atoms with E-state index in [1.807, 2.05) is 5.83 Å². The third-order valence-corrected chi connectivity index (χ3v) is 5.52. The van der Waals surface area contributed by atoms with Crippen molar-refractivity contribution in [1.82, 2.24) is 0 Å². The molecule has 0 saturated carbocycles. The molecule has 0 aliphatic heterocycles. The molecule has 6 heteroatoms. The molecule has 0 atom stereocenters. The van der Waals surface area contributed by atoms with Gasteiger partial charge in [0.2, 0.25) is 0 Å². The normalized spacial score (nSPS) is 10.1. The Bertz CT molecular complexity index is 977. The number of hydrogen-bond donors (Lipinski definition) is 1. The van der Waals surface area contributed by atoms with Crippen molar-refractivity contribution in [2.24, 2.45) is 0 Å². The highest BCUT2D eigenvalue weighted by atomic mass is 79.9. The van der Waals surface area contributed by atoms with Gasteiger partial charge in [-0.1, -0.05) is 113 Å². The fourth-order valence-electron chi connectivity index (χ4n) is 4.16. The van der Waals surface area contributed by atoms with E-state index in [2.05, 4.69) is 141 Å². The lowest BCUT2D eigenvalue weighted by Gasteiger charge is -1.98. The van der Waals surface area contributed by atoms with Crippen molar-refractivity contribution in [2.75, 3.05) is 25.7 Å². The van der Waals surface area contributed by atoms with Crippen LogP contribution in [-0.2, 0) is 17.5 Å². The summed E-state index contributed by atoms with van der Waals surface area (Å²) in [5.74, 6) is 1.81. The first-order valence-corrected chi connectivity index (χ1v) is 14.4. The monoisotopic (exact) mass is 585 g/mol. The zero-order chi connectivity index (χ0) is 26.8. The average Bonchev–Trinajstić information content (AvgIpc) is 3.55. The van der Waals surface area contributed by atoms with E-state index < -0.39 is 0 Å². The molecule has 2 aliphatic carbocycles. The summed E-state index contributed by atoms with van der Waals surface area (Å²) >= 11 is 12.2. The summed E-state index contributed by atoms with van der Waals surface area (Å²) in [5, 5.41) is 7.53. The van der Waals surface area contributed by atoms with E-state index in [4.69, 9.17) is 5.02 Å². The molecule has 0 amide bonds. The molecule has 0 unspecified atom stereocenters. The number of rotatable bonds is 1. The number of alkyl halides is 3. The third-order valence-electron chi connectivity index (χ3n) is 5.52. The molecule has 36 heavy (non-hydrogen) atoms. The minimum absolute atomic E-state index is 0.625. The predicted molar refractivity (Wildman–Crippen MR) is 163 cm³/mol. The van der Waals surface area contributed by atoms with E-state index in [0.717, 1.165) is 12.8 Å². The minimum atomic E-state index is 0.625. The molecular weight excluding hydrogens is 554 g/mol. The van der Waals surface area contributed by atoms with Gasteiger partial charge >= 0.3 is 7.69 Å². The number of hydrogen-bond acceptors (Lipinski definition) is 2. The number of benzene rings is 4. The maximum Gasteiger partial charge on any atom is 0.484 e. The van der Waals surface area contributed by atoms with Crippen LogP contribution in [0.2, 0.25) is 0 Å². The van der Waals surface area contributed by atoms with E-state index in [1.165, 1.54) is 64.4 Å². The lowest BCUT2D eigenvalue weighted by molar-refractivity contribution is 0.360. The van der Waals surface area contributed by atoms with Crippen LogP contribution >= 0.6 is 39.1 Å². The van der Waals surface area contributed by atoms with Gasteiger partial charge < -0.3 is 9.68 Å². The smallest absolute Gasteiger partial charge is 0.429 e. The van der Waals surface area contributed by atoms with E-state index >= 15 is 0 Å². The van der Waals surface area contributed by atoms with Gasteiger partial charge in [0.05, 0.1) is 0 Å². The van der Waals surface area contributed by atoms with Gasteiger partial charge in [0.15, 0.2) is 0 Å². The minimum Gasteiger partial charge on any atom is -0.429 e. The first kappa shape index (κ1) is 32.0. The zero-order valence-electron chi connectivity index (χ0n) is 21.2. The summed E-state index contributed by atoms with van der Waals surface area (Å²) in [6, 6.07) is 34.6. The van der Waals surface area contributed by atoms with Crippen molar-refractivity contribution in [3.8, 4) is 22.3 Å². The van der Waals surface area contributed by atoms with Crippen molar-refractivity contribution in [2.45, 2.75) is 12.8 Å². The molecule has 0 bridgehead atoms. The van der Waals surface area contributed by atoms with Gasteiger partial charge in [-0.25, -0.2) is 0 Å². The zero-order valence-corrected chi connectivity index (χ0v) is 24.3. The van der Waals surface area contributed by atoms with Crippen LogP contribution in [0.4, 0.5) is 0 Å². The van der Waals surface area contributed by atoms with Gasteiger partial charge in [-0.15, -0.1) is 23.2 Å². The van der Waals surface area contributed by atoms with Gasteiger partial charge in [0.1, 0.15) is 0 Å². The lowest BCUT2D eigenvalue weighted by atomic mass is 10.1. The average molecular weight is 587 g/mol. The van der Waals surface area contributed by atoms with Crippen LogP contribution in [0.15, 0.2) is 97.1 Å². The predicted octanol–water partition coefficient (Wildman–Crippen LogP) is 8.40. The molecule has 4 aromatic rings. The third kappa shape index (κ3) is 8.79. The molecule has 0 aromatic heterocycles. The largest absolute Gasteiger partial charge is 0.484 e. The highest BCUT2D eigenvalue weighted by Crippen LogP contribution is 2.36. The standard InChI is InChI=1S/2C13H10.CH4BO2.CH3Br.2CH3Cl/c2*1-3-7-12-10(5-1)9-11-6-2-4-8-13(11)12;1-4-2-3;3*1-2/h2*1-8H,9H2;3H,1H3;3*1H3. The molecule has 1 radical (unpaired) electrons. The molecule has 1 N–H and O–H groups in total. The molecule has 189 valence electrons. The van der Waals surface area contributed by atoms with Crippen LogP contribution in [0, 0.1) is 0 Å².